The molecule has 0 aliphatic carbocycles. The monoisotopic (exact) mass is 264 g/mol. The standard InChI is InChI=1S/C12H13ClN4O/c1-7-3-9(4-8(2)12(7)13)18-11-6-15-5-10(16-11)17-14/h3-6H,14H2,1-2H3,(H,16,17). The van der Waals surface area contributed by atoms with Crippen molar-refractivity contribution in [3.63, 3.8) is 0 Å². The maximum Gasteiger partial charge on any atom is 0.239 e. The van der Waals surface area contributed by atoms with Gasteiger partial charge in [-0.15, -0.1) is 0 Å². The molecule has 0 atom stereocenters. The van der Waals surface area contributed by atoms with E-state index in [4.69, 9.17) is 22.2 Å². The Labute approximate surface area is 110 Å². The Morgan fingerprint density at radius 3 is 2.50 bits per heavy atom. The molecule has 5 nitrogen and oxygen atoms in total. The molecule has 0 radical (unpaired) electrons. The summed E-state index contributed by atoms with van der Waals surface area (Å²) < 4.78 is 5.61. The van der Waals surface area contributed by atoms with Crippen molar-refractivity contribution in [1.82, 2.24) is 9.97 Å². The fourth-order valence-electron chi connectivity index (χ4n) is 1.55. The molecule has 6 heteroatoms. The zero-order chi connectivity index (χ0) is 13.1. The van der Waals surface area contributed by atoms with Crippen molar-refractivity contribution >= 4 is 17.4 Å². The first-order valence-corrected chi connectivity index (χ1v) is 5.71. The van der Waals surface area contributed by atoms with Crippen LogP contribution in [0.2, 0.25) is 5.02 Å². The molecule has 0 unspecified atom stereocenters. The van der Waals surface area contributed by atoms with Crippen LogP contribution in [0.5, 0.6) is 11.6 Å². The number of nitrogens with zero attached hydrogens (tertiary/aromatic N) is 2. The summed E-state index contributed by atoms with van der Waals surface area (Å²) in [5.74, 6) is 6.73. The molecule has 94 valence electrons. The van der Waals surface area contributed by atoms with Crippen molar-refractivity contribution in [3.05, 3.63) is 40.7 Å². The highest BCUT2D eigenvalue weighted by Gasteiger charge is 2.06. The van der Waals surface area contributed by atoms with E-state index < -0.39 is 0 Å². The Kier molecular flexibility index (Phi) is 3.64. The van der Waals surface area contributed by atoms with Crippen molar-refractivity contribution < 1.29 is 4.74 Å². The molecular formula is C12H13ClN4O. The van der Waals surface area contributed by atoms with Crippen molar-refractivity contribution in [3.8, 4) is 11.6 Å². The summed E-state index contributed by atoms with van der Waals surface area (Å²) in [5, 5.41) is 0.741. The molecule has 0 aliphatic heterocycles. The zero-order valence-corrected chi connectivity index (χ0v) is 10.8. The van der Waals surface area contributed by atoms with E-state index >= 15 is 0 Å². The Balaban J connectivity index is 2.28. The van der Waals surface area contributed by atoms with Gasteiger partial charge in [-0.25, -0.2) is 5.84 Å². The Morgan fingerprint density at radius 2 is 1.89 bits per heavy atom. The van der Waals surface area contributed by atoms with Crippen LogP contribution in [0.15, 0.2) is 24.5 Å². The number of halogens is 1. The third kappa shape index (κ3) is 2.69. The summed E-state index contributed by atoms with van der Waals surface area (Å²) in [6.07, 6.45) is 3.02. The van der Waals surface area contributed by atoms with E-state index in [9.17, 15) is 0 Å². The van der Waals surface area contributed by atoms with E-state index in [1.165, 1.54) is 12.4 Å². The average Bonchev–Trinajstić information content (AvgIpc) is 2.36. The zero-order valence-electron chi connectivity index (χ0n) is 10.1. The number of hydrogen-bond donors (Lipinski definition) is 2. The van der Waals surface area contributed by atoms with Crippen molar-refractivity contribution in [2.75, 3.05) is 5.43 Å². The smallest absolute Gasteiger partial charge is 0.239 e. The number of aromatic nitrogens is 2. The maximum absolute atomic E-state index is 6.09. The summed E-state index contributed by atoms with van der Waals surface area (Å²) >= 11 is 6.09. The molecular weight excluding hydrogens is 252 g/mol. The van der Waals surface area contributed by atoms with Gasteiger partial charge < -0.3 is 10.2 Å². The first-order valence-electron chi connectivity index (χ1n) is 5.33. The number of hydrazine groups is 1. The quantitative estimate of drug-likeness (QED) is 0.659. The number of benzene rings is 1. The fraction of sp³-hybridized carbons (Fsp3) is 0.167. The highest BCUT2D eigenvalue weighted by atomic mass is 35.5. The molecule has 0 aliphatic rings. The van der Waals surface area contributed by atoms with Gasteiger partial charge in [0.25, 0.3) is 0 Å². The highest BCUT2D eigenvalue weighted by molar-refractivity contribution is 6.32. The van der Waals surface area contributed by atoms with Crippen molar-refractivity contribution in [2.24, 2.45) is 5.84 Å². The van der Waals surface area contributed by atoms with Gasteiger partial charge in [0.1, 0.15) is 5.75 Å². The molecule has 0 fully saturated rings. The number of nitrogens with one attached hydrogen (secondary N) is 1. The van der Waals surface area contributed by atoms with Crippen LogP contribution in [0.3, 0.4) is 0 Å². The van der Waals surface area contributed by atoms with Gasteiger partial charge in [-0.2, -0.15) is 4.98 Å². The number of rotatable bonds is 3. The first-order chi connectivity index (χ1) is 8.60. The molecule has 1 heterocycles. The number of ether oxygens (including phenoxy) is 1. The van der Waals surface area contributed by atoms with Crippen molar-refractivity contribution in [1.29, 1.82) is 0 Å². The number of nitrogens with two attached hydrogens (primary N) is 1. The van der Waals surface area contributed by atoms with Crippen LogP contribution in [0.25, 0.3) is 0 Å². The Hall–Kier alpha value is -1.85. The third-order valence-electron chi connectivity index (χ3n) is 2.39. The third-order valence-corrected chi connectivity index (χ3v) is 2.99. The van der Waals surface area contributed by atoms with Gasteiger partial charge in [-0.1, -0.05) is 11.6 Å². The van der Waals surface area contributed by atoms with Crippen LogP contribution < -0.4 is 16.0 Å². The van der Waals surface area contributed by atoms with Gasteiger partial charge in [0.05, 0.1) is 12.4 Å². The van der Waals surface area contributed by atoms with Crippen LogP contribution in [-0.2, 0) is 0 Å². The number of hydrogen-bond acceptors (Lipinski definition) is 5. The molecule has 1 aromatic carbocycles. The second-order valence-electron chi connectivity index (χ2n) is 3.86. The molecule has 0 saturated carbocycles. The van der Waals surface area contributed by atoms with Gasteiger partial charge in [0.15, 0.2) is 5.82 Å². The van der Waals surface area contributed by atoms with E-state index in [1.807, 2.05) is 26.0 Å². The van der Waals surface area contributed by atoms with Crippen molar-refractivity contribution in [2.45, 2.75) is 13.8 Å². The maximum atomic E-state index is 6.09. The summed E-state index contributed by atoms with van der Waals surface area (Å²) in [6.45, 7) is 3.84. The molecule has 18 heavy (non-hydrogen) atoms. The summed E-state index contributed by atoms with van der Waals surface area (Å²) in [5.41, 5.74) is 4.31. The Bertz CT molecular complexity index is 551. The van der Waals surface area contributed by atoms with Crippen LogP contribution in [0.1, 0.15) is 11.1 Å². The minimum Gasteiger partial charge on any atom is -0.437 e. The normalized spacial score (nSPS) is 10.2. The number of nitrogen functional groups attached to an aromatic ring is 1. The fourth-order valence-corrected chi connectivity index (χ4v) is 1.66. The summed E-state index contributed by atoms with van der Waals surface area (Å²) in [7, 11) is 0. The minimum absolute atomic E-state index is 0.367. The SMILES string of the molecule is Cc1cc(Oc2cncc(NN)n2)cc(C)c1Cl. The predicted molar refractivity (Wildman–Crippen MR) is 70.8 cm³/mol. The second kappa shape index (κ2) is 5.20. The lowest BCUT2D eigenvalue weighted by molar-refractivity contribution is 0.460. The average molecular weight is 265 g/mol. The molecule has 0 saturated heterocycles. The predicted octanol–water partition coefficient (Wildman–Crippen LogP) is 2.82. The highest BCUT2D eigenvalue weighted by Crippen LogP contribution is 2.28. The van der Waals surface area contributed by atoms with E-state index in [1.54, 1.807) is 0 Å². The largest absolute Gasteiger partial charge is 0.437 e. The molecule has 2 rings (SSSR count). The molecule has 0 spiro atoms. The van der Waals surface area contributed by atoms with Gasteiger partial charge in [-0.3, -0.25) is 4.98 Å². The first kappa shape index (κ1) is 12.6. The summed E-state index contributed by atoms with van der Waals surface area (Å²) in [4.78, 5) is 8.07. The minimum atomic E-state index is 0.367. The topological polar surface area (TPSA) is 73.1 Å². The molecule has 0 bridgehead atoms. The van der Waals surface area contributed by atoms with E-state index in [2.05, 4.69) is 15.4 Å². The van der Waals surface area contributed by atoms with E-state index in [-0.39, 0.29) is 0 Å². The lowest BCUT2D eigenvalue weighted by Crippen LogP contribution is -2.09. The lowest BCUT2D eigenvalue weighted by atomic mass is 10.1. The van der Waals surface area contributed by atoms with E-state index in [0.29, 0.717) is 17.4 Å². The van der Waals surface area contributed by atoms with Crippen LogP contribution >= 0.6 is 11.6 Å². The number of aryl methyl sites for hydroxylation is 2. The van der Waals surface area contributed by atoms with Gasteiger partial charge in [0.2, 0.25) is 5.88 Å². The lowest BCUT2D eigenvalue weighted by Gasteiger charge is -2.09. The molecule has 2 aromatic rings. The molecule has 1 aromatic heterocycles. The van der Waals surface area contributed by atoms with Gasteiger partial charge in [-0.05, 0) is 37.1 Å². The van der Waals surface area contributed by atoms with Crippen LogP contribution in [-0.4, -0.2) is 9.97 Å². The Morgan fingerprint density at radius 1 is 1.22 bits per heavy atom. The molecule has 3 N–H and O–H groups in total. The van der Waals surface area contributed by atoms with Gasteiger partial charge >= 0.3 is 0 Å². The molecule has 0 amide bonds. The second-order valence-corrected chi connectivity index (χ2v) is 4.24. The van der Waals surface area contributed by atoms with Gasteiger partial charge in [0, 0.05) is 5.02 Å². The summed E-state index contributed by atoms with van der Waals surface area (Å²) in [6, 6.07) is 3.69. The van der Waals surface area contributed by atoms with Crippen LogP contribution in [0, 0.1) is 13.8 Å². The van der Waals surface area contributed by atoms with E-state index in [0.717, 1.165) is 16.1 Å². The number of anilines is 1. The van der Waals surface area contributed by atoms with Crippen LogP contribution in [0.4, 0.5) is 5.82 Å².